The maximum atomic E-state index is 10.5. The monoisotopic (exact) mass is 234 g/mol. The van der Waals surface area contributed by atoms with Gasteiger partial charge in [0.05, 0.1) is 5.70 Å². The van der Waals surface area contributed by atoms with Crippen molar-refractivity contribution < 1.29 is 14.6 Å². The fraction of sp³-hybridized carbons (Fsp3) is 0.167. The Kier molecular flexibility index (Phi) is 4.75. The molecule has 0 saturated heterocycles. The van der Waals surface area contributed by atoms with Gasteiger partial charge in [-0.3, -0.25) is 5.41 Å². The van der Waals surface area contributed by atoms with Crippen LogP contribution in [0.25, 0.3) is 0 Å². The smallest absolute Gasteiger partial charge is 0.353 e. The van der Waals surface area contributed by atoms with Gasteiger partial charge in [0.15, 0.2) is 0 Å². The summed E-state index contributed by atoms with van der Waals surface area (Å²) in [5, 5.41) is 18.6. The topological polar surface area (TPSA) is 82.4 Å². The highest BCUT2D eigenvalue weighted by Gasteiger charge is 2.05. The van der Waals surface area contributed by atoms with Crippen molar-refractivity contribution in [2.75, 3.05) is 13.7 Å². The Morgan fingerprint density at radius 3 is 2.65 bits per heavy atom. The summed E-state index contributed by atoms with van der Waals surface area (Å²) in [6, 6.07) is 9.17. The normalized spacial score (nSPS) is 10.8. The van der Waals surface area contributed by atoms with Gasteiger partial charge < -0.3 is 15.2 Å². The molecular weight excluding hydrogens is 220 g/mol. The molecule has 1 aromatic carbocycles. The number of ether oxygens (including phenoxy) is 1. The highest BCUT2D eigenvalue weighted by atomic mass is 16.5. The predicted octanol–water partition coefficient (Wildman–Crippen LogP) is 1.27. The Balaban J connectivity index is 2.59. The molecule has 0 amide bonds. The first-order valence-corrected chi connectivity index (χ1v) is 5.01. The van der Waals surface area contributed by atoms with Crippen LogP contribution in [0, 0.1) is 5.41 Å². The SMILES string of the molecule is CN/C(=C\C(=N)C(=O)O)COc1ccccc1. The summed E-state index contributed by atoms with van der Waals surface area (Å²) in [7, 11) is 1.65. The molecule has 0 aromatic heterocycles. The van der Waals surface area contributed by atoms with Gasteiger partial charge in [-0.25, -0.2) is 4.79 Å². The average Bonchev–Trinajstić information content (AvgIpc) is 2.35. The van der Waals surface area contributed by atoms with Crippen LogP contribution in [0.2, 0.25) is 0 Å². The van der Waals surface area contributed by atoms with E-state index in [0.29, 0.717) is 11.4 Å². The standard InChI is InChI=1S/C12H14N2O3/c1-14-9(7-11(13)12(15)16)8-17-10-5-3-2-4-6-10/h2-7,13-14H,8H2,1H3,(H,15,16)/b9-7-,13-11?. The number of carboxylic acids is 1. The molecule has 17 heavy (non-hydrogen) atoms. The van der Waals surface area contributed by atoms with E-state index in [1.54, 1.807) is 19.2 Å². The highest BCUT2D eigenvalue weighted by Crippen LogP contribution is 2.09. The Hall–Kier alpha value is -2.30. The van der Waals surface area contributed by atoms with E-state index in [1.807, 2.05) is 18.2 Å². The lowest BCUT2D eigenvalue weighted by atomic mass is 10.3. The Bertz CT molecular complexity index is 427. The van der Waals surface area contributed by atoms with Crippen molar-refractivity contribution in [2.45, 2.75) is 0 Å². The molecule has 0 unspecified atom stereocenters. The van der Waals surface area contributed by atoms with E-state index in [-0.39, 0.29) is 6.61 Å². The molecule has 0 heterocycles. The van der Waals surface area contributed by atoms with Gasteiger partial charge >= 0.3 is 5.97 Å². The molecule has 3 N–H and O–H groups in total. The Labute approximate surface area is 99.2 Å². The molecular formula is C12H14N2O3. The van der Waals surface area contributed by atoms with Gasteiger partial charge in [-0.2, -0.15) is 0 Å². The van der Waals surface area contributed by atoms with Crippen LogP contribution in [0.15, 0.2) is 42.1 Å². The van der Waals surface area contributed by atoms with Crippen LogP contribution in [0.4, 0.5) is 0 Å². The fourth-order valence-electron chi connectivity index (χ4n) is 1.10. The molecule has 0 fully saturated rings. The molecule has 0 bridgehead atoms. The van der Waals surface area contributed by atoms with Crippen molar-refractivity contribution in [1.29, 1.82) is 5.41 Å². The van der Waals surface area contributed by atoms with Crippen molar-refractivity contribution >= 4 is 11.7 Å². The first-order chi connectivity index (χ1) is 8.13. The molecule has 1 rings (SSSR count). The molecule has 0 radical (unpaired) electrons. The summed E-state index contributed by atoms with van der Waals surface area (Å²) in [5.74, 6) is -0.576. The first kappa shape index (κ1) is 12.8. The van der Waals surface area contributed by atoms with E-state index in [4.69, 9.17) is 15.3 Å². The van der Waals surface area contributed by atoms with Gasteiger partial charge in [-0.1, -0.05) is 18.2 Å². The number of carbonyl (C=O) groups is 1. The first-order valence-electron chi connectivity index (χ1n) is 5.01. The summed E-state index contributed by atoms with van der Waals surface area (Å²) in [5.41, 5.74) is 0.0484. The van der Waals surface area contributed by atoms with E-state index in [2.05, 4.69) is 5.32 Å². The third-order valence-electron chi connectivity index (χ3n) is 2.01. The zero-order valence-corrected chi connectivity index (χ0v) is 9.43. The van der Waals surface area contributed by atoms with Gasteiger partial charge in [0, 0.05) is 7.05 Å². The van der Waals surface area contributed by atoms with E-state index < -0.39 is 11.7 Å². The van der Waals surface area contributed by atoms with Crippen molar-refractivity contribution in [2.24, 2.45) is 0 Å². The van der Waals surface area contributed by atoms with E-state index in [9.17, 15) is 4.79 Å². The number of aliphatic carboxylic acids is 1. The molecule has 0 aliphatic rings. The number of benzene rings is 1. The third-order valence-corrected chi connectivity index (χ3v) is 2.01. The van der Waals surface area contributed by atoms with Gasteiger partial charge in [0.1, 0.15) is 18.1 Å². The number of rotatable bonds is 6. The minimum atomic E-state index is -1.27. The van der Waals surface area contributed by atoms with Crippen molar-refractivity contribution in [3.05, 3.63) is 42.1 Å². The van der Waals surface area contributed by atoms with Crippen molar-refractivity contribution in [1.82, 2.24) is 5.32 Å². The van der Waals surface area contributed by atoms with Crippen LogP contribution in [-0.4, -0.2) is 30.4 Å². The average molecular weight is 234 g/mol. The molecule has 5 nitrogen and oxygen atoms in total. The maximum Gasteiger partial charge on any atom is 0.353 e. The van der Waals surface area contributed by atoms with Crippen LogP contribution in [0.1, 0.15) is 0 Å². The molecule has 5 heteroatoms. The minimum Gasteiger partial charge on any atom is -0.487 e. The molecule has 0 aliphatic carbocycles. The second-order valence-corrected chi connectivity index (χ2v) is 3.24. The molecule has 1 aromatic rings. The zero-order valence-electron chi connectivity index (χ0n) is 9.43. The molecule has 0 saturated carbocycles. The van der Waals surface area contributed by atoms with Crippen LogP contribution in [-0.2, 0) is 4.79 Å². The molecule has 0 atom stereocenters. The maximum absolute atomic E-state index is 10.5. The lowest BCUT2D eigenvalue weighted by Gasteiger charge is -2.09. The number of carboxylic acid groups (broad SMARTS) is 1. The number of nitrogens with one attached hydrogen (secondary N) is 2. The van der Waals surface area contributed by atoms with Gasteiger partial charge in [-0.15, -0.1) is 0 Å². The lowest BCUT2D eigenvalue weighted by Crippen LogP contribution is -2.18. The third kappa shape index (κ3) is 4.38. The van der Waals surface area contributed by atoms with E-state index in [1.165, 1.54) is 6.08 Å². The number of para-hydroxylation sites is 1. The lowest BCUT2D eigenvalue weighted by molar-refractivity contribution is -0.129. The van der Waals surface area contributed by atoms with Crippen LogP contribution in [0.5, 0.6) is 5.75 Å². The minimum absolute atomic E-state index is 0.191. The second-order valence-electron chi connectivity index (χ2n) is 3.24. The molecule has 90 valence electrons. The quantitative estimate of drug-likeness (QED) is 0.647. The summed E-state index contributed by atoms with van der Waals surface area (Å²) in [4.78, 5) is 10.5. The largest absolute Gasteiger partial charge is 0.487 e. The number of hydrogen-bond acceptors (Lipinski definition) is 4. The predicted molar refractivity (Wildman–Crippen MR) is 64.4 cm³/mol. The van der Waals surface area contributed by atoms with Gasteiger partial charge in [0.25, 0.3) is 0 Å². The Morgan fingerprint density at radius 1 is 1.47 bits per heavy atom. The zero-order chi connectivity index (χ0) is 12.7. The van der Waals surface area contributed by atoms with Gasteiger partial charge in [0.2, 0.25) is 0 Å². The van der Waals surface area contributed by atoms with Crippen molar-refractivity contribution in [3.8, 4) is 5.75 Å². The number of hydrogen-bond donors (Lipinski definition) is 3. The Morgan fingerprint density at radius 2 is 2.12 bits per heavy atom. The fourth-order valence-corrected chi connectivity index (χ4v) is 1.10. The second kappa shape index (κ2) is 6.32. The molecule has 0 aliphatic heterocycles. The van der Waals surface area contributed by atoms with Gasteiger partial charge in [-0.05, 0) is 18.2 Å². The summed E-state index contributed by atoms with van der Waals surface area (Å²) < 4.78 is 5.42. The van der Waals surface area contributed by atoms with E-state index >= 15 is 0 Å². The summed E-state index contributed by atoms with van der Waals surface area (Å²) in [6.45, 7) is 0.191. The summed E-state index contributed by atoms with van der Waals surface area (Å²) >= 11 is 0. The number of likely N-dealkylation sites (N-methyl/N-ethyl adjacent to an activating group) is 1. The van der Waals surface area contributed by atoms with E-state index in [0.717, 1.165) is 0 Å². The highest BCUT2D eigenvalue weighted by molar-refractivity contribution is 6.39. The van der Waals surface area contributed by atoms with Crippen LogP contribution >= 0.6 is 0 Å². The molecule has 0 spiro atoms. The van der Waals surface area contributed by atoms with Crippen LogP contribution < -0.4 is 10.1 Å². The summed E-state index contributed by atoms with van der Waals surface area (Å²) in [6.07, 6.45) is 1.23. The van der Waals surface area contributed by atoms with Crippen LogP contribution in [0.3, 0.4) is 0 Å². The van der Waals surface area contributed by atoms with Crippen molar-refractivity contribution in [3.63, 3.8) is 0 Å².